The number of halogens is 2. The van der Waals surface area contributed by atoms with Crippen LogP contribution in [0.5, 0.6) is 0 Å². The molecule has 2 rings (SSSR count). The van der Waals surface area contributed by atoms with Crippen molar-refractivity contribution in [2.75, 3.05) is 11.2 Å². The predicted octanol–water partition coefficient (Wildman–Crippen LogP) is 2.84. The molecule has 2 amide bonds. The van der Waals surface area contributed by atoms with Gasteiger partial charge in [0.2, 0.25) is 5.91 Å². The van der Waals surface area contributed by atoms with Gasteiger partial charge in [0, 0.05) is 11.2 Å². The molecule has 0 fully saturated rings. The largest absolute Gasteiger partial charge is 0.346 e. The first-order valence-corrected chi connectivity index (χ1v) is 7.35. The van der Waals surface area contributed by atoms with Gasteiger partial charge in [-0.25, -0.2) is 0 Å². The van der Waals surface area contributed by atoms with Gasteiger partial charge in [0.1, 0.15) is 5.88 Å². The lowest BCUT2D eigenvalue weighted by atomic mass is 10.1. The highest BCUT2D eigenvalue weighted by Crippen LogP contribution is 2.21. The summed E-state index contributed by atoms with van der Waals surface area (Å²) in [6.07, 6.45) is 1.65. The summed E-state index contributed by atoms with van der Waals surface area (Å²) in [5, 5.41) is 5.69. The number of aromatic nitrogens is 1. The van der Waals surface area contributed by atoms with Crippen LogP contribution in [0.2, 0.25) is 5.02 Å². The maximum Gasteiger partial charge on any atom is 0.253 e. The molecule has 1 aromatic heterocycles. The summed E-state index contributed by atoms with van der Waals surface area (Å²) in [5.41, 5.74) is 1.35. The molecule has 5 nitrogen and oxygen atoms in total. The lowest BCUT2D eigenvalue weighted by Crippen LogP contribution is -2.25. The first-order chi connectivity index (χ1) is 10.6. The van der Waals surface area contributed by atoms with E-state index in [1.165, 1.54) is 6.07 Å². The van der Waals surface area contributed by atoms with E-state index in [0.29, 0.717) is 10.7 Å². The van der Waals surface area contributed by atoms with Crippen LogP contribution in [0, 0.1) is 0 Å². The van der Waals surface area contributed by atoms with Crippen LogP contribution >= 0.6 is 23.2 Å². The lowest BCUT2D eigenvalue weighted by Gasteiger charge is -2.11. The van der Waals surface area contributed by atoms with Crippen molar-refractivity contribution in [2.24, 2.45) is 0 Å². The number of hydrogen-bond donors (Lipinski definition) is 2. The molecule has 0 aliphatic rings. The standard InChI is InChI=1S/C15H13Cl2N3O2/c16-8-14(21)20-13-5-4-10(17)7-12(13)15(22)19-9-11-3-1-2-6-18-11/h1-7H,8-9H2,(H,19,22)(H,20,21). The van der Waals surface area contributed by atoms with E-state index < -0.39 is 5.91 Å². The zero-order chi connectivity index (χ0) is 15.9. The van der Waals surface area contributed by atoms with Crippen LogP contribution in [0.3, 0.4) is 0 Å². The highest BCUT2D eigenvalue weighted by Gasteiger charge is 2.14. The fourth-order valence-corrected chi connectivity index (χ4v) is 2.00. The minimum absolute atomic E-state index is 0.197. The van der Waals surface area contributed by atoms with Crippen LogP contribution in [-0.4, -0.2) is 22.7 Å². The summed E-state index contributed by atoms with van der Waals surface area (Å²) in [6.45, 7) is 0.273. The highest BCUT2D eigenvalue weighted by atomic mass is 35.5. The van der Waals surface area contributed by atoms with Gasteiger partial charge in [0.15, 0.2) is 0 Å². The van der Waals surface area contributed by atoms with Crippen molar-refractivity contribution in [2.45, 2.75) is 6.54 Å². The molecular formula is C15H13Cl2N3O2. The first kappa shape index (κ1) is 16.3. The van der Waals surface area contributed by atoms with Crippen molar-refractivity contribution in [1.82, 2.24) is 10.3 Å². The molecule has 2 aromatic rings. The second-order valence-corrected chi connectivity index (χ2v) is 5.08. The summed E-state index contributed by atoms with van der Waals surface area (Å²) in [6, 6.07) is 10.1. The summed E-state index contributed by atoms with van der Waals surface area (Å²) in [5.74, 6) is -0.960. The molecule has 0 aliphatic heterocycles. The van der Waals surface area contributed by atoms with E-state index in [1.807, 2.05) is 6.07 Å². The minimum Gasteiger partial charge on any atom is -0.346 e. The number of carbonyl (C=O) groups excluding carboxylic acids is 2. The molecular weight excluding hydrogens is 325 g/mol. The van der Waals surface area contributed by atoms with Crippen molar-refractivity contribution >= 4 is 40.7 Å². The Balaban J connectivity index is 2.13. The summed E-state index contributed by atoms with van der Waals surface area (Å²) >= 11 is 11.4. The third kappa shape index (κ3) is 4.44. The number of amides is 2. The number of alkyl halides is 1. The van der Waals surface area contributed by atoms with Crippen LogP contribution < -0.4 is 10.6 Å². The van der Waals surface area contributed by atoms with Crippen LogP contribution in [-0.2, 0) is 11.3 Å². The quantitative estimate of drug-likeness (QED) is 0.824. The van der Waals surface area contributed by atoms with Gasteiger partial charge >= 0.3 is 0 Å². The zero-order valence-electron chi connectivity index (χ0n) is 11.5. The zero-order valence-corrected chi connectivity index (χ0v) is 13.0. The molecule has 0 radical (unpaired) electrons. The summed E-state index contributed by atoms with van der Waals surface area (Å²) in [4.78, 5) is 27.8. The van der Waals surface area contributed by atoms with Crippen molar-refractivity contribution in [3.05, 3.63) is 58.9 Å². The van der Waals surface area contributed by atoms with Gasteiger partial charge in [-0.2, -0.15) is 0 Å². The number of rotatable bonds is 5. The number of nitrogens with zero attached hydrogens (tertiary/aromatic N) is 1. The molecule has 1 aromatic carbocycles. The topological polar surface area (TPSA) is 71.1 Å². The third-order valence-corrected chi connectivity index (χ3v) is 3.26. The van der Waals surface area contributed by atoms with E-state index in [1.54, 1.807) is 30.5 Å². The average Bonchev–Trinajstić information content (AvgIpc) is 2.55. The Morgan fingerprint density at radius 3 is 2.68 bits per heavy atom. The number of nitrogens with one attached hydrogen (secondary N) is 2. The molecule has 0 atom stereocenters. The second kappa shape index (κ2) is 7.77. The van der Waals surface area contributed by atoms with Gasteiger partial charge in [0.25, 0.3) is 5.91 Å². The molecule has 0 unspecified atom stereocenters. The van der Waals surface area contributed by atoms with Gasteiger partial charge in [-0.15, -0.1) is 11.6 Å². The smallest absolute Gasteiger partial charge is 0.253 e. The van der Waals surface area contributed by atoms with E-state index >= 15 is 0 Å². The number of anilines is 1. The van der Waals surface area contributed by atoms with Crippen molar-refractivity contribution in [1.29, 1.82) is 0 Å². The van der Waals surface area contributed by atoms with E-state index in [0.717, 1.165) is 5.69 Å². The Hall–Kier alpha value is -2.11. The lowest BCUT2D eigenvalue weighted by molar-refractivity contribution is -0.113. The second-order valence-electron chi connectivity index (χ2n) is 4.38. The van der Waals surface area contributed by atoms with Crippen molar-refractivity contribution in [3.63, 3.8) is 0 Å². The van der Waals surface area contributed by atoms with Crippen LogP contribution in [0.15, 0.2) is 42.6 Å². The Morgan fingerprint density at radius 1 is 1.18 bits per heavy atom. The highest BCUT2D eigenvalue weighted by molar-refractivity contribution is 6.31. The van der Waals surface area contributed by atoms with Crippen molar-refractivity contribution < 1.29 is 9.59 Å². The number of carbonyl (C=O) groups is 2. The molecule has 2 N–H and O–H groups in total. The molecule has 0 bridgehead atoms. The fraction of sp³-hybridized carbons (Fsp3) is 0.133. The van der Waals surface area contributed by atoms with E-state index in [9.17, 15) is 9.59 Å². The van der Waals surface area contributed by atoms with Crippen LogP contribution in [0.25, 0.3) is 0 Å². The number of pyridine rings is 1. The first-order valence-electron chi connectivity index (χ1n) is 6.43. The monoisotopic (exact) mass is 337 g/mol. The summed E-state index contributed by atoms with van der Waals surface area (Å²) < 4.78 is 0. The van der Waals surface area contributed by atoms with Gasteiger partial charge in [-0.3, -0.25) is 14.6 Å². The molecule has 7 heteroatoms. The maximum atomic E-state index is 12.3. The predicted molar refractivity (Wildman–Crippen MR) is 86.2 cm³/mol. The SMILES string of the molecule is O=C(CCl)Nc1ccc(Cl)cc1C(=O)NCc1ccccn1. The molecule has 0 saturated heterocycles. The van der Waals surface area contributed by atoms with Gasteiger partial charge < -0.3 is 10.6 Å². The number of hydrogen-bond acceptors (Lipinski definition) is 3. The van der Waals surface area contributed by atoms with Crippen LogP contribution in [0.4, 0.5) is 5.69 Å². The minimum atomic E-state index is -0.400. The Bertz CT molecular complexity index is 678. The van der Waals surface area contributed by atoms with E-state index in [4.69, 9.17) is 23.2 Å². The normalized spacial score (nSPS) is 10.1. The molecule has 0 saturated carbocycles. The van der Waals surface area contributed by atoms with E-state index in [2.05, 4.69) is 15.6 Å². The van der Waals surface area contributed by atoms with Crippen molar-refractivity contribution in [3.8, 4) is 0 Å². The van der Waals surface area contributed by atoms with Gasteiger partial charge in [0.05, 0.1) is 23.5 Å². The molecule has 0 spiro atoms. The van der Waals surface area contributed by atoms with Gasteiger partial charge in [-0.05, 0) is 30.3 Å². The number of benzene rings is 1. The molecule has 114 valence electrons. The molecule has 0 aliphatic carbocycles. The fourth-order valence-electron chi connectivity index (χ4n) is 1.77. The Kier molecular flexibility index (Phi) is 5.75. The van der Waals surface area contributed by atoms with E-state index in [-0.39, 0.29) is 23.9 Å². The average molecular weight is 338 g/mol. The van der Waals surface area contributed by atoms with Gasteiger partial charge in [-0.1, -0.05) is 17.7 Å². The molecule has 1 heterocycles. The summed E-state index contributed by atoms with van der Waals surface area (Å²) in [7, 11) is 0. The Morgan fingerprint density at radius 2 is 2.00 bits per heavy atom. The maximum absolute atomic E-state index is 12.3. The third-order valence-electron chi connectivity index (χ3n) is 2.78. The van der Waals surface area contributed by atoms with Crippen LogP contribution in [0.1, 0.15) is 16.1 Å². The Labute approximate surface area is 137 Å². The molecule has 22 heavy (non-hydrogen) atoms.